The van der Waals surface area contributed by atoms with Crippen molar-refractivity contribution in [3.8, 4) is 0 Å². The lowest BCUT2D eigenvalue weighted by atomic mass is 10.2. The summed E-state index contributed by atoms with van der Waals surface area (Å²) in [7, 11) is -1.86. The lowest BCUT2D eigenvalue weighted by Gasteiger charge is -2.20. The second kappa shape index (κ2) is 6.84. The summed E-state index contributed by atoms with van der Waals surface area (Å²) in [6.07, 6.45) is 3.60. The number of nitrogens with two attached hydrogens (primary N) is 1. The molecule has 0 aliphatic heterocycles. The summed E-state index contributed by atoms with van der Waals surface area (Å²) in [5.41, 5.74) is 6.45. The van der Waals surface area contributed by atoms with Gasteiger partial charge in [0.05, 0.1) is 6.33 Å². The number of benzene rings is 1. The quantitative estimate of drug-likeness (QED) is 0.826. The summed E-state index contributed by atoms with van der Waals surface area (Å²) < 4.78 is 28.4. The van der Waals surface area contributed by atoms with Crippen molar-refractivity contribution in [3.05, 3.63) is 48.4 Å². The van der Waals surface area contributed by atoms with Crippen LogP contribution in [0, 0.1) is 0 Å². The van der Waals surface area contributed by atoms with E-state index in [1.54, 1.807) is 11.6 Å². The van der Waals surface area contributed by atoms with Gasteiger partial charge in [0, 0.05) is 26.3 Å². The van der Waals surface area contributed by atoms with Crippen molar-refractivity contribution in [3.63, 3.8) is 0 Å². The van der Waals surface area contributed by atoms with Crippen molar-refractivity contribution in [2.75, 3.05) is 13.1 Å². The Hall–Kier alpha value is -1.70. The van der Waals surface area contributed by atoms with Crippen LogP contribution in [-0.4, -0.2) is 35.4 Å². The highest BCUT2D eigenvalue weighted by Gasteiger charge is 2.26. The predicted octanol–water partition coefficient (Wildman–Crippen LogP) is 0.960. The van der Waals surface area contributed by atoms with Gasteiger partial charge in [-0.05, 0) is 18.5 Å². The van der Waals surface area contributed by atoms with E-state index in [0.717, 1.165) is 5.56 Å². The van der Waals surface area contributed by atoms with E-state index in [2.05, 4.69) is 4.98 Å². The molecule has 1 aromatic carbocycles. The fraction of sp³-hybridized carbons (Fsp3) is 0.357. The Morgan fingerprint density at radius 3 is 2.57 bits per heavy atom. The molecule has 0 radical (unpaired) electrons. The van der Waals surface area contributed by atoms with E-state index in [4.69, 9.17) is 5.73 Å². The van der Waals surface area contributed by atoms with Gasteiger partial charge in [0.1, 0.15) is 0 Å². The largest absolute Gasteiger partial charge is 0.339 e. The maximum atomic E-state index is 12.7. The lowest BCUT2D eigenvalue weighted by molar-refractivity contribution is 0.400. The second-order valence-electron chi connectivity index (χ2n) is 4.84. The van der Waals surface area contributed by atoms with Gasteiger partial charge in [-0.25, -0.2) is 13.4 Å². The molecule has 0 unspecified atom stereocenters. The number of aryl methyl sites for hydroxylation is 1. The fourth-order valence-electron chi connectivity index (χ4n) is 1.99. The topological polar surface area (TPSA) is 81.2 Å². The highest BCUT2D eigenvalue weighted by Crippen LogP contribution is 2.17. The summed E-state index contributed by atoms with van der Waals surface area (Å²) in [6.45, 7) is 1.15. The maximum Gasteiger partial charge on any atom is 0.262 e. The van der Waals surface area contributed by atoms with Gasteiger partial charge in [0.15, 0.2) is 5.03 Å². The molecule has 114 valence electrons. The summed E-state index contributed by atoms with van der Waals surface area (Å²) >= 11 is 0. The number of rotatable bonds is 7. The van der Waals surface area contributed by atoms with Crippen molar-refractivity contribution < 1.29 is 8.42 Å². The normalized spacial score (nSPS) is 12.0. The predicted molar refractivity (Wildman–Crippen MR) is 80.9 cm³/mol. The van der Waals surface area contributed by atoms with Crippen LogP contribution in [0.2, 0.25) is 0 Å². The minimum atomic E-state index is -3.60. The first-order valence-corrected chi connectivity index (χ1v) is 8.20. The number of hydrogen-bond acceptors (Lipinski definition) is 4. The summed E-state index contributed by atoms with van der Waals surface area (Å²) in [4.78, 5) is 3.96. The smallest absolute Gasteiger partial charge is 0.262 e. The number of imidazole rings is 1. The van der Waals surface area contributed by atoms with Gasteiger partial charge in [-0.2, -0.15) is 4.31 Å². The molecule has 21 heavy (non-hydrogen) atoms. The molecule has 2 N–H and O–H groups in total. The van der Waals surface area contributed by atoms with E-state index in [-0.39, 0.29) is 5.03 Å². The van der Waals surface area contributed by atoms with E-state index in [0.29, 0.717) is 26.1 Å². The van der Waals surface area contributed by atoms with Crippen LogP contribution in [0.25, 0.3) is 0 Å². The molecule has 2 rings (SSSR count). The van der Waals surface area contributed by atoms with Crippen LogP contribution in [0.1, 0.15) is 12.0 Å². The first-order chi connectivity index (χ1) is 10.0. The number of nitrogens with zero attached hydrogens (tertiary/aromatic N) is 3. The Balaban J connectivity index is 2.26. The fourth-order valence-corrected chi connectivity index (χ4v) is 3.43. The summed E-state index contributed by atoms with van der Waals surface area (Å²) in [5, 5.41) is 0.0675. The first kappa shape index (κ1) is 15.7. The van der Waals surface area contributed by atoms with Crippen LogP contribution >= 0.6 is 0 Å². The minimum absolute atomic E-state index is 0.0675. The molecule has 0 spiro atoms. The standard InChI is InChI=1S/C14H20N4O2S/c1-17-11-14(16-12-17)21(19,20)18(9-5-8-15)10-13-6-3-2-4-7-13/h2-4,6-7,11-12H,5,8-10,15H2,1H3. The Kier molecular flexibility index (Phi) is 5.11. The van der Waals surface area contributed by atoms with Gasteiger partial charge in [0.25, 0.3) is 10.0 Å². The first-order valence-electron chi connectivity index (χ1n) is 6.76. The molecule has 1 aromatic heterocycles. The number of hydrogen-bond donors (Lipinski definition) is 1. The van der Waals surface area contributed by atoms with E-state index >= 15 is 0 Å². The average molecular weight is 308 g/mol. The highest BCUT2D eigenvalue weighted by atomic mass is 32.2. The number of sulfonamides is 1. The average Bonchev–Trinajstić information content (AvgIpc) is 2.92. The van der Waals surface area contributed by atoms with Crippen LogP contribution in [0.15, 0.2) is 47.9 Å². The van der Waals surface area contributed by atoms with Crippen LogP contribution in [0.3, 0.4) is 0 Å². The Bertz CT molecular complexity index is 667. The molecule has 0 aliphatic carbocycles. The van der Waals surface area contributed by atoms with Crippen molar-refractivity contribution >= 4 is 10.0 Å². The number of aromatic nitrogens is 2. The zero-order chi connectivity index (χ0) is 15.3. The molecule has 0 saturated heterocycles. The monoisotopic (exact) mass is 308 g/mol. The minimum Gasteiger partial charge on any atom is -0.339 e. The molecule has 0 aliphatic rings. The van der Waals surface area contributed by atoms with Crippen LogP contribution in [0.5, 0.6) is 0 Å². The van der Waals surface area contributed by atoms with E-state index in [1.807, 2.05) is 30.3 Å². The van der Waals surface area contributed by atoms with Gasteiger partial charge in [-0.15, -0.1) is 0 Å². The maximum absolute atomic E-state index is 12.7. The van der Waals surface area contributed by atoms with Gasteiger partial charge < -0.3 is 10.3 Å². The molecule has 6 nitrogen and oxygen atoms in total. The Morgan fingerprint density at radius 2 is 2.00 bits per heavy atom. The van der Waals surface area contributed by atoms with Crippen LogP contribution in [-0.2, 0) is 23.6 Å². The molecule has 0 bridgehead atoms. The van der Waals surface area contributed by atoms with E-state index in [1.165, 1.54) is 16.8 Å². The van der Waals surface area contributed by atoms with Gasteiger partial charge in [-0.1, -0.05) is 30.3 Å². The second-order valence-corrected chi connectivity index (χ2v) is 6.73. The van der Waals surface area contributed by atoms with Crippen LogP contribution < -0.4 is 5.73 Å². The summed E-state index contributed by atoms with van der Waals surface area (Å²) in [6, 6.07) is 9.50. The Labute approximate surface area is 125 Å². The van der Waals surface area contributed by atoms with Gasteiger partial charge in [0.2, 0.25) is 0 Å². The molecule has 0 atom stereocenters. The molecule has 0 amide bonds. The van der Waals surface area contributed by atoms with Gasteiger partial charge >= 0.3 is 0 Å². The highest BCUT2D eigenvalue weighted by molar-refractivity contribution is 7.89. The van der Waals surface area contributed by atoms with Crippen LogP contribution in [0.4, 0.5) is 0 Å². The zero-order valence-corrected chi connectivity index (χ0v) is 12.8. The molecule has 2 aromatic rings. The molecule has 7 heteroatoms. The molecule has 0 fully saturated rings. The summed E-state index contributed by atoms with van der Waals surface area (Å²) in [5.74, 6) is 0. The third kappa shape index (κ3) is 3.90. The molecular formula is C14H20N4O2S. The van der Waals surface area contributed by atoms with Gasteiger partial charge in [-0.3, -0.25) is 0 Å². The SMILES string of the molecule is Cn1cnc(S(=O)(=O)N(CCCN)Cc2ccccc2)c1. The molecular weight excluding hydrogens is 288 g/mol. The lowest BCUT2D eigenvalue weighted by Crippen LogP contribution is -2.32. The molecule has 1 heterocycles. The van der Waals surface area contributed by atoms with E-state index in [9.17, 15) is 8.42 Å². The third-order valence-corrected chi connectivity index (χ3v) is 4.83. The third-order valence-electron chi connectivity index (χ3n) is 3.10. The van der Waals surface area contributed by atoms with E-state index < -0.39 is 10.0 Å². The van der Waals surface area contributed by atoms with Crippen molar-refractivity contribution in [1.29, 1.82) is 0 Å². The van der Waals surface area contributed by atoms with Crippen molar-refractivity contribution in [1.82, 2.24) is 13.9 Å². The zero-order valence-electron chi connectivity index (χ0n) is 12.0. The van der Waals surface area contributed by atoms with Crippen molar-refractivity contribution in [2.45, 2.75) is 18.0 Å². The molecule has 0 saturated carbocycles. The Morgan fingerprint density at radius 1 is 1.29 bits per heavy atom. The van der Waals surface area contributed by atoms with Crippen molar-refractivity contribution in [2.24, 2.45) is 12.8 Å².